The lowest BCUT2D eigenvalue weighted by molar-refractivity contribution is -0.0461. The van der Waals surface area contributed by atoms with E-state index in [0.717, 1.165) is 47.6 Å². The minimum atomic E-state index is -4.08. The van der Waals surface area contributed by atoms with Gasteiger partial charge in [0.15, 0.2) is 0 Å². The van der Waals surface area contributed by atoms with Crippen LogP contribution in [0, 0.1) is 12.8 Å². The summed E-state index contributed by atoms with van der Waals surface area (Å²) in [4.78, 5) is 15.9. The Morgan fingerprint density at radius 1 is 1.02 bits per heavy atom. The van der Waals surface area contributed by atoms with E-state index in [-0.39, 0.29) is 37.1 Å². The highest BCUT2D eigenvalue weighted by Crippen LogP contribution is 2.38. The van der Waals surface area contributed by atoms with Crippen molar-refractivity contribution in [1.82, 2.24) is 4.90 Å². The molecular formula is C34H42N2O9S. The van der Waals surface area contributed by atoms with Crippen LogP contribution in [0.1, 0.15) is 29.0 Å². The molecule has 11 nitrogen and oxygen atoms in total. The number of ether oxygens (including phenoxy) is 4. The quantitative estimate of drug-likeness (QED) is 0.201. The highest BCUT2D eigenvalue weighted by molar-refractivity contribution is 7.86. The fraction of sp³-hybridized carbons (Fsp3) is 0.441. The first-order chi connectivity index (χ1) is 22.2. The zero-order valence-corrected chi connectivity index (χ0v) is 27.3. The van der Waals surface area contributed by atoms with Gasteiger partial charge in [-0.1, -0.05) is 35.9 Å². The first kappa shape index (κ1) is 33.5. The Bertz CT molecular complexity index is 1560. The minimum absolute atomic E-state index is 0.0467. The smallest absolute Gasteiger partial charge is 0.407 e. The van der Waals surface area contributed by atoms with Crippen molar-refractivity contribution >= 4 is 21.9 Å². The van der Waals surface area contributed by atoms with Gasteiger partial charge in [-0.3, -0.25) is 4.18 Å². The predicted octanol–water partition coefficient (Wildman–Crippen LogP) is 4.92. The first-order valence-electron chi connectivity index (χ1n) is 15.4. The van der Waals surface area contributed by atoms with Crippen LogP contribution < -0.4 is 14.4 Å². The second-order valence-electron chi connectivity index (χ2n) is 11.6. The molecule has 1 N–H and O–H groups in total. The van der Waals surface area contributed by atoms with E-state index in [1.165, 1.54) is 17.0 Å². The van der Waals surface area contributed by atoms with E-state index < -0.39 is 28.2 Å². The van der Waals surface area contributed by atoms with E-state index in [1.807, 2.05) is 43.3 Å². The molecule has 0 bridgehead atoms. The standard InChI is InChI=1S/C34H42N2O9S/c1-24-5-12-29(13-6-24)46(39,40)45-23-27-20-36(34(37)38)21-32(33(27)26-8-10-28(42-3)11-9-26)44-22-25-7-14-31-30(19-25)35(16-18-43-31)15-4-17-41-2/h5-14,19,27,32-33H,4,15-18,20-23H2,1-3H3,(H,37,38)/t27-,32-,33-/m0/s1. The SMILES string of the molecule is COCCCN1CCOc2ccc(CO[C@H]3CN(C(=O)O)C[C@@H](COS(=O)(=O)c4ccc(C)cc4)[C@@H]3c3ccc(OC)cc3)cc21. The number of hydrogen-bond acceptors (Lipinski definition) is 9. The van der Waals surface area contributed by atoms with Gasteiger partial charge in [0.1, 0.15) is 18.1 Å². The third-order valence-corrected chi connectivity index (χ3v) is 9.80. The minimum Gasteiger partial charge on any atom is -0.497 e. The summed E-state index contributed by atoms with van der Waals surface area (Å²) in [5.41, 5.74) is 3.70. The predicted molar refractivity (Wildman–Crippen MR) is 172 cm³/mol. The summed E-state index contributed by atoms with van der Waals surface area (Å²) in [5, 5.41) is 10.0. The van der Waals surface area contributed by atoms with E-state index >= 15 is 0 Å². The number of anilines is 1. The van der Waals surface area contributed by atoms with E-state index in [4.69, 9.17) is 23.1 Å². The monoisotopic (exact) mass is 654 g/mol. The van der Waals surface area contributed by atoms with Crippen molar-refractivity contribution in [2.75, 3.05) is 65.1 Å². The molecule has 3 atom stereocenters. The van der Waals surface area contributed by atoms with Gasteiger partial charge in [-0.15, -0.1) is 0 Å². The summed E-state index contributed by atoms with van der Waals surface area (Å²) in [7, 11) is -0.800. The Hall–Kier alpha value is -3.84. The number of aryl methyl sites for hydroxylation is 1. The summed E-state index contributed by atoms with van der Waals surface area (Å²) in [6, 6.07) is 19.8. The van der Waals surface area contributed by atoms with Gasteiger partial charge in [0.25, 0.3) is 10.1 Å². The molecule has 1 saturated heterocycles. The van der Waals surface area contributed by atoms with Gasteiger partial charge in [0.05, 0.1) is 50.1 Å². The number of methoxy groups -OCH3 is 2. The topological polar surface area (TPSA) is 124 Å². The maximum Gasteiger partial charge on any atom is 0.407 e. The van der Waals surface area contributed by atoms with Crippen LogP contribution in [0.3, 0.4) is 0 Å². The Balaban J connectivity index is 1.40. The molecular weight excluding hydrogens is 612 g/mol. The third kappa shape index (κ3) is 8.11. The number of likely N-dealkylation sites (tertiary alicyclic amines) is 1. The Kier molecular flexibility index (Phi) is 11.1. The summed E-state index contributed by atoms with van der Waals surface area (Å²) in [5.74, 6) is 0.605. The number of rotatable bonds is 13. The van der Waals surface area contributed by atoms with E-state index in [9.17, 15) is 18.3 Å². The van der Waals surface area contributed by atoms with Gasteiger partial charge in [0.2, 0.25) is 0 Å². The van der Waals surface area contributed by atoms with Gasteiger partial charge in [-0.05, 0) is 60.9 Å². The average Bonchev–Trinajstić information content (AvgIpc) is 3.06. The number of carbonyl (C=O) groups is 1. The number of benzene rings is 3. The average molecular weight is 655 g/mol. The van der Waals surface area contributed by atoms with Gasteiger partial charge >= 0.3 is 6.09 Å². The van der Waals surface area contributed by atoms with Crippen LogP contribution in [0.4, 0.5) is 10.5 Å². The maximum atomic E-state index is 13.1. The molecule has 3 aromatic rings. The summed E-state index contributed by atoms with van der Waals surface area (Å²) < 4.78 is 54.9. The molecule has 0 radical (unpaired) electrons. The van der Waals surface area contributed by atoms with Crippen molar-refractivity contribution in [3.8, 4) is 11.5 Å². The first-order valence-corrected chi connectivity index (χ1v) is 16.8. The number of hydrogen-bond donors (Lipinski definition) is 1. The van der Waals surface area contributed by atoms with E-state index in [1.54, 1.807) is 26.4 Å². The lowest BCUT2D eigenvalue weighted by Gasteiger charge is -2.42. The fourth-order valence-corrected chi connectivity index (χ4v) is 7.04. The van der Waals surface area contributed by atoms with Gasteiger partial charge in [-0.25, -0.2) is 4.79 Å². The molecule has 46 heavy (non-hydrogen) atoms. The Labute approximate surface area is 270 Å². The number of fused-ring (bicyclic) bond motifs is 1. The van der Waals surface area contributed by atoms with Crippen LogP contribution in [0.2, 0.25) is 0 Å². The molecule has 0 aliphatic carbocycles. The van der Waals surface area contributed by atoms with Crippen molar-refractivity contribution in [2.45, 2.75) is 36.9 Å². The second kappa shape index (κ2) is 15.2. The normalized spacial score (nSPS) is 19.8. The second-order valence-corrected chi connectivity index (χ2v) is 13.2. The molecule has 248 valence electrons. The highest BCUT2D eigenvalue weighted by Gasteiger charge is 2.41. The van der Waals surface area contributed by atoms with Gasteiger partial charge in [-0.2, -0.15) is 8.42 Å². The lowest BCUT2D eigenvalue weighted by Crippen LogP contribution is -2.52. The molecule has 2 aliphatic heterocycles. The number of carboxylic acid groups (broad SMARTS) is 1. The van der Waals surface area contributed by atoms with Crippen LogP contribution in [0.15, 0.2) is 71.6 Å². The highest BCUT2D eigenvalue weighted by atomic mass is 32.2. The molecule has 0 unspecified atom stereocenters. The zero-order valence-electron chi connectivity index (χ0n) is 26.5. The fourth-order valence-electron chi connectivity index (χ4n) is 6.08. The van der Waals surface area contributed by atoms with Crippen molar-refractivity contribution in [2.24, 2.45) is 5.92 Å². The van der Waals surface area contributed by atoms with Crippen LogP contribution in [0.5, 0.6) is 11.5 Å². The molecule has 2 aliphatic rings. The molecule has 5 rings (SSSR count). The molecule has 2 heterocycles. The molecule has 0 saturated carbocycles. The molecule has 12 heteroatoms. The number of amides is 1. The number of nitrogens with zero attached hydrogens (tertiary/aromatic N) is 2. The number of piperidine rings is 1. The summed E-state index contributed by atoms with van der Waals surface area (Å²) in [6.45, 7) is 4.95. The van der Waals surface area contributed by atoms with Crippen molar-refractivity contribution in [3.05, 3.63) is 83.4 Å². The molecule has 1 amide bonds. The maximum absolute atomic E-state index is 13.1. The van der Waals surface area contributed by atoms with Crippen LogP contribution >= 0.6 is 0 Å². The lowest BCUT2D eigenvalue weighted by atomic mass is 9.79. The van der Waals surface area contributed by atoms with Crippen LogP contribution in [0.25, 0.3) is 0 Å². The van der Waals surface area contributed by atoms with Crippen LogP contribution in [-0.2, 0) is 30.4 Å². The summed E-state index contributed by atoms with van der Waals surface area (Å²) >= 11 is 0. The molecule has 0 aromatic heterocycles. The Morgan fingerprint density at radius 3 is 2.48 bits per heavy atom. The van der Waals surface area contributed by atoms with Gasteiger partial charge < -0.3 is 33.9 Å². The third-order valence-electron chi connectivity index (χ3n) is 8.51. The largest absolute Gasteiger partial charge is 0.497 e. The van der Waals surface area contributed by atoms with E-state index in [0.29, 0.717) is 19.0 Å². The Morgan fingerprint density at radius 2 is 1.78 bits per heavy atom. The van der Waals surface area contributed by atoms with Crippen molar-refractivity contribution in [1.29, 1.82) is 0 Å². The molecule has 1 fully saturated rings. The summed E-state index contributed by atoms with van der Waals surface area (Å²) in [6.07, 6.45) is -0.805. The van der Waals surface area contributed by atoms with Gasteiger partial charge in [0, 0.05) is 38.6 Å². The van der Waals surface area contributed by atoms with Crippen molar-refractivity contribution < 1.29 is 41.4 Å². The molecule has 0 spiro atoms. The van der Waals surface area contributed by atoms with Crippen molar-refractivity contribution in [3.63, 3.8) is 0 Å². The zero-order chi connectivity index (χ0) is 32.7. The van der Waals surface area contributed by atoms with Crippen LogP contribution in [-0.4, -0.2) is 90.8 Å². The molecule has 3 aromatic carbocycles. The van der Waals surface area contributed by atoms with E-state index in [2.05, 4.69) is 11.0 Å².